The molecular formula is C12H26N2O2. The summed E-state index contributed by atoms with van der Waals surface area (Å²) < 4.78 is 0. The topological polar surface area (TPSA) is 52.6 Å². The summed E-state index contributed by atoms with van der Waals surface area (Å²) in [7, 11) is 3.99. The normalized spacial score (nSPS) is 15.2. The van der Waals surface area contributed by atoms with Crippen molar-refractivity contribution in [2.24, 2.45) is 5.92 Å². The van der Waals surface area contributed by atoms with Crippen molar-refractivity contribution in [1.82, 2.24) is 10.2 Å². The molecule has 0 rings (SSSR count). The Morgan fingerprint density at radius 2 is 1.88 bits per heavy atom. The Balaban J connectivity index is 4.03. The predicted molar refractivity (Wildman–Crippen MR) is 66.2 cm³/mol. The highest BCUT2D eigenvalue weighted by molar-refractivity contribution is 5.76. The van der Waals surface area contributed by atoms with Crippen LogP contribution in [0.1, 0.15) is 33.6 Å². The van der Waals surface area contributed by atoms with Gasteiger partial charge in [-0.2, -0.15) is 0 Å². The first kappa shape index (κ1) is 15.4. The van der Waals surface area contributed by atoms with Crippen LogP contribution in [0.4, 0.5) is 0 Å². The molecule has 4 heteroatoms. The second-order valence-electron chi connectivity index (χ2n) is 5.07. The van der Waals surface area contributed by atoms with Gasteiger partial charge >= 0.3 is 0 Å². The number of nitrogens with zero attached hydrogens (tertiary/aromatic N) is 1. The lowest BCUT2D eigenvalue weighted by atomic mass is 10.0. The fraction of sp³-hybridized carbons (Fsp3) is 0.917. The molecule has 0 aliphatic carbocycles. The number of aliphatic hydroxyl groups excluding tert-OH is 1. The monoisotopic (exact) mass is 230 g/mol. The van der Waals surface area contributed by atoms with Crippen LogP contribution in [0.15, 0.2) is 0 Å². The number of rotatable bonds is 7. The molecule has 0 heterocycles. The number of amides is 1. The van der Waals surface area contributed by atoms with Crippen LogP contribution in [0.5, 0.6) is 0 Å². The summed E-state index contributed by atoms with van der Waals surface area (Å²) >= 11 is 0. The van der Waals surface area contributed by atoms with Crippen LogP contribution in [0.3, 0.4) is 0 Å². The number of nitrogens with one attached hydrogen (secondary N) is 1. The lowest BCUT2D eigenvalue weighted by Gasteiger charge is -2.25. The van der Waals surface area contributed by atoms with Crippen LogP contribution in [-0.4, -0.2) is 48.7 Å². The average Bonchev–Trinajstić information content (AvgIpc) is 2.12. The molecule has 0 saturated heterocycles. The van der Waals surface area contributed by atoms with Crippen molar-refractivity contribution in [2.75, 3.05) is 20.6 Å². The number of aliphatic hydroxyl groups is 1. The van der Waals surface area contributed by atoms with Gasteiger partial charge in [-0.15, -0.1) is 0 Å². The van der Waals surface area contributed by atoms with Crippen molar-refractivity contribution in [2.45, 2.75) is 45.8 Å². The standard InChI is InChI=1S/C12H26N2O2/c1-9(2)11(8-14(4)5)13-12(16)7-6-10(3)15/h9-11,15H,6-8H2,1-5H3,(H,13,16). The Hall–Kier alpha value is -0.610. The van der Waals surface area contributed by atoms with E-state index in [2.05, 4.69) is 24.1 Å². The number of likely N-dealkylation sites (N-methyl/N-ethyl adjacent to an activating group) is 1. The van der Waals surface area contributed by atoms with Crippen LogP contribution < -0.4 is 5.32 Å². The molecule has 2 unspecified atom stereocenters. The lowest BCUT2D eigenvalue weighted by molar-refractivity contribution is -0.122. The predicted octanol–water partition coefficient (Wildman–Crippen LogP) is 0.850. The summed E-state index contributed by atoms with van der Waals surface area (Å²) in [6, 6.07) is 0.177. The molecule has 0 bridgehead atoms. The summed E-state index contributed by atoms with van der Waals surface area (Å²) in [5, 5.41) is 12.1. The quantitative estimate of drug-likeness (QED) is 0.682. The van der Waals surface area contributed by atoms with Gasteiger partial charge in [-0.05, 0) is 33.4 Å². The van der Waals surface area contributed by atoms with Crippen LogP contribution in [0, 0.1) is 5.92 Å². The van der Waals surface area contributed by atoms with Gasteiger partial charge < -0.3 is 15.3 Å². The van der Waals surface area contributed by atoms with E-state index in [-0.39, 0.29) is 11.9 Å². The molecule has 16 heavy (non-hydrogen) atoms. The van der Waals surface area contributed by atoms with Crippen LogP contribution in [-0.2, 0) is 4.79 Å². The Morgan fingerprint density at radius 3 is 2.25 bits per heavy atom. The second-order valence-corrected chi connectivity index (χ2v) is 5.07. The Bertz CT molecular complexity index is 203. The van der Waals surface area contributed by atoms with Gasteiger partial charge in [-0.3, -0.25) is 4.79 Å². The molecule has 2 N–H and O–H groups in total. The zero-order chi connectivity index (χ0) is 12.7. The SMILES string of the molecule is CC(O)CCC(=O)NC(CN(C)C)C(C)C. The van der Waals surface area contributed by atoms with Gasteiger partial charge in [-0.25, -0.2) is 0 Å². The van der Waals surface area contributed by atoms with Crippen molar-refractivity contribution in [3.05, 3.63) is 0 Å². The third-order valence-electron chi connectivity index (χ3n) is 2.50. The lowest BCUT2D eigenvalue weighted by Crippen LogP contribution is -2.45. The van der Waals surface area contributed by atoms with Crippen molar-refractivity contribution in [3.63, 3.8) is 0 Å². The minimum atomic E-state index is -0.405. The van der Waals surface area contributed by atoms with E-state index in [0.29, 0.717) is 18.8 Å². The molecule has 0 aromatic carbocycles. The Labute approximate surface area is 99.0 Å². The van der Waals surface area contributed by atoms with Crippen LogP contribution >= 0.6 is 0 Å². The molecule has 0 saturated carbocycles. The van der Waals surface area contributed by atoms with E-state index in [1.54, 1.807) is 6.92 Å². The molecule has 0 aromatic rings. The Morgan fingerprint density at radius 1 is 1.31 bits per heavy atom. The van der Waals surface area contributed by atoms with E-state index in [9.17, 15) is 4.79 Å². The molecule has 0 aromatic heterocycles. The van der Waals surface area contributed by atoms with Gasteiger partial charge in [0.2, 0.25) is 5.91 Å². The maximum Gasteiger partial charge on any atom is 0.220 e. The maximum atomic E-state index is 11.6. The van der Waals surface area contributed by atoms with Gasteiger partial charge in [-0.1, -0.05) is 13.8 Å². The molecule has 0 radical (unpaired) electrons. The molecule has 1 amide bonds. The number of hydrogen-bond donors (Lipinski definition) is 2. The number of hydrogen-bond acceptors (Lipinski definition) is 3. The first-order chi connectivity index (χ1) is 7.32. The smallest absolute Gasteiger partial charge is 0.220 e. The average molecular weight is 230 g/mol. The van der Waals surface area contributed by atoms with E-state index >= 15 is 0 Å². The maximum absolute atomic E-state index is 11.6. The first-order valence-electron chi connectivity index (χ1n) is 5.95. The highest BCUT2D eigenvalue weighted by atomic mass is 16.3. The van der Waals surface area contributed by atoms with Gasteiger partial charge in [0, 0.05) is 19.0 Å². The summed E-state index contributed by atoms with van der Waals surface area (Å²) in [4.78, 5) is 13.7. The van der Waals surface area contributed by atoms with E-state index < -0.39 is 6.10 Å². The number of carbonyl (C=O) groups is 1. The van der Waals surface area contributed by atoms with E-state index in [4.69, 9.17) is 5.11 Å². The van der Waals surface area contributed by atoms with E-state index in [0.717, 1.165) is 6.54 Å². The third-order valence-corrected chi connectivity index (χ3v) is 2.50. The van der Waals surface area contributed by atoms with Crippen molar-refractivity contribution < 1.29 is 9.90 Å². The van der Waals surface area contributed by atoms with E-state index in [1.807, 2.05) is 14.1 Å². The minimum Gasteiger partial charge on any atom is -0.393 e. The molecule has 0 aliphatic rings. The molecular weight excluding hydrogens is 204 g/mol. The zero-order valence-corrected chi connectivity index (χ0v) is 11.2. The molecule has 0 fully saturated rings. The summed E-state index contributed by atoms with van der Waals surface area (Å²) in [5.74, 6) is 0.444. The molecule has 0 spiro atoms. The highest BCUT2D eigenvalue weighted by Gasteiger charge is 2.16. The minimum absolute atomic E-state index is 0.0291. The van der Waals surface area contributed by atoms with Gasteiger partial charge in [0.25, 0.3) is 0 Å². The fourth-order valence-corrected chi connectivity index (χ4v) is 1.44. The van der Waals surface area contributed by atoms with Crippen LogP contribution in [0.25, 0.3) is 0 Å². The third kappa shape index (κ3) is 7.65. The largest absolute Gasteiger partial charge is 0.393 e. The summed E-state index contributed by atoms with van der Waals surface area (Å²) in [5.41, 5.74) is 0. The number of carbonyl (C=O) groups excluding carboxylic acids is 1. The fourth-order valence-electron chi connectivity index (χ4n) is 1.44. The van der Waals surface area contributed by atoms with Crippen molar-refractivity contribution in [3.8, 4) is 0 Å². The molecule has 2 atom stereocenters. The van der Waals surface area contributed by atoms with Gasteiger partial charge in [0.1, 0.15) is 0 Å². The zero-order valence-electron chi connectivity index (χ0n) is 11.2. The van der Waals surface area contributed by atoms with Crippen molar-refractivity contribution >= 4 is 5.91 Å². The summed E-state index contributed by atoms with van der Waals surface area (Å²) in [6.07, 6.45) is 0.518. The summed E-state index contributed by atoms with van der Waals surface area (Å²) in [6.45, 7) is 6.75. The second kappa shape index (κ2) is 7.63. The molecule has 96 valence electrons. The van der Waals surface area contributed by atoms with Crippen LogP contribution in [0.2, 0.25) is 0 Å². The van der Waals surface area contributed by atoms with Crippen molar-refractivity contribution in [1.29, 1.82) is 0 Å². The van der Waals surface area contributed by atoms with E-state index in [1.165, 1.54) is 0 Å². The Kier molecular flexibility index (Phi) is 7.34. The molecule has 4 nitrogen and oxygen atoms in total. The highest BCUT2D eigenvalue weighted by Crippen LogP contribution is 2.04. The first-order valence-corrected chi connectivity index (χ1v) is 5.95. The van der Waals surface area contributed by atoms with Gasteiger partial charge in [0.05, 0.1) is 6.10 Å². The molecule has 0 aliphatic heterocycles. The van der Waals surface area contributed by atoms with Gasteiger partial charge in [0.15, 0.2) is 0 Å².